The molecular formula is C16H19N3O3S. The fourth-order valence-corrected chi connectivity index (χ4v) is 4.74. The number of sulfonamides is 1. The topological polar surface area (TPSA) is 64.4 Å². The Bertz CT molecular complexity index is 829. The van der Waals surface area contributed by atoms with Crippen LogP contribution >= 0.6 is 0 Å². The fraction of sp³-hybridized carbons (Fsp3) is 0.438. The van der Waals surface area contributed by atoms with Crippen LogP contribution in [0.3, 0.4) is 0 Å². The van der Waals surface area contributed by atoms with E-state index in [1.54, 1.807) is 4.31 Å². The monoisotopic (exact) mass is 333 g/mol. The third kappa shape index (κ3) is 2.80. The Balaban J connectivity index is 1.63. The second kappa shape index (κ2) is 5.74. The summed E-state index contributed by atoms with van der Waals surface area (Å²) in [6.45, 7) is 3.11. The minimum atomic E-state index is -3.07. The summed E-state index contributed by atoms with van der Waals surface area (Å²) in [5.41, 5.74) is 3.14. The average molecular weight is 333 g/mol. The number of hydrogen-bond acceptors (Lipinski definition) is 4. The molecule has 1 aromatic carbocycles. The van der Waals surface area contributed by atoms with Gasteiger partial charge in [0.25, 0.3) is 0 Å². The van der Waals surface area contributed by atoms with Crippen LogP contribution in [-0.4, -0.2) is 41.2 Å². The molecular weight excluding hydrogens is 314 g/mol. The lowest BCUT2D eigenvalue weighted by atomic mass is 10.1. The van der Waals surface area contributed by atoms with E-state index < -0.39 is 10.0 Å². The number of nitrogens with zero attached hydrogens (tertiary/aromatic N) is 3. The second-order valence-corrected chi connectivity index (χ2v) is 8.06. The quantitative estimate of drug-likeness (QED) is 0.856. The van der Waals surface area contributed by atoms with Crippen molar-refractivity contribution in [3.8, 4) is 11.3 Å². The molecule has 2 aliphatic heterocycles. The lowest BCUT2D eigenvalue weighted by molar-refractivity contribution is 0.0821. The molecule has 4 rings (SSSR count). The van der Waals surface area contributed by atoms with E-state index >= 15 is 0 Å². The molecule has 7 heteroatoms. The van der Waals surface area contributed by atoms with Gasteiger partial charge in [0.15, 0.2) is 0 Å². The zero-order valence-electron chi connectivity index (χ0n) is 12.8. The van der Waals surface area contributed by atoms with Gasteiger partial charge in [0.1, 0.15) is 12.4 Å². The number of benzene rings is 1. The molecule has 122 valence electrons. The van der Waals surface area contributed by atoms with E-state index in [1.807, 2.05) is 24.4 Å². The molecule has 2 aliphatic rings. The lowest BCUT2D eigenvalue weighted by Crippen LogP contribution is -2.25. The third-order valence-electron chi connectivity index (χ3n) is 4.41. The molecule has 1 aromatic heterocycles. The predicted octanol–water partition coefficient (Wildman–Crippen LogP) is 1.62. The number of hydrogen-bond donors (Lipinski definition) is 0. The summed E-state index contributed by atoms with van der Waals surface area (Å²) in [5, 5.41) is 0. The summed E-state index contributed by atoms with van der Waals surface area (Å²) < 4.78 is 33.1. The molecule has 2 aromatic rings. The van der Waals surface area contributed by atoms with E-state index in [9.17, 15) is 8.42 Å². The first-order chi connectivity index (χ1) is 11.1. The standard InChI is InChI=1S/C16H19N3O3S/c20-23(21)8-2-5-18(23)11-13-3-1-4-14(9-13)15-10-17-16-12-22-7-6-19(15)16/h1,3-4,9-10H,2,5-8,11-12H2. The highest BCUT2D eigenvalue weighted by atomic mass is 32.2. The summed E-state index contributed by atoms with van der Waals surface area (Å²) in [4.78, 5) is 4.42. The molecule has 0 bridgehead atoms. The van der Waals surface area contributed by atoms with Crippen LogP contribution in [0, 0.1) is 0 Å². The van der Waals surface area contributed by atoms with Gasteiger partial charge in [0.2, 0.25) is 10.0 Å². The van der Waals surface area contributed by atoms with Crippen LogP contribution in [-0.2, 0) is 34.5 Å². The first-order valence-corrected chi connectivity index (χ1v) is 9.44. The van der Waals surface area contributed by atoms with Gasteiger partial charge in [0.05, 0.1) is 24.3 Å². The summed E-state index contributed by atoms with van der Waals surface area (Å²) in [7, 11) is -3.07. The largest absolute Gasteiger partial charge is 0.372 e. The van der Waals surface area contributed by atoms with Gasteiger partial charge < -0.3 is 9.30 Å². The van der Waals surface area contributed by atoms with E-state index in [-0.39, 0.29) is 5.75 Å². The molecule has 0 amide bonds. The van der Waals surface area contributed by atoms with Crippen molar-refractivity contribution in [3.05, 3.63) is 41.9 Å². The van der Waals surface area contributed by atoms with Crippen LogP contribution < -0.4 is 0 Å². The minimum Gasteiger partial charge on any atom is -0.372 e. The smallest absolute Gasteiger partial charge is 0.214 e. The molecule has 23 heavy (non-hydrogen) atoms. The van der Waals surface area contributed by atoms with Gasteiger partial charge in [-0.3, -0.25) is 0 Å². The molecule has 0 radical (unpaired) electrons. The molecule has 3 heterocycles. The number of ether oxygens (including phenoxy) is 1. The van der Waals surface area contributed by atoms with Gasteiger partial charge in [0, 0.05) is 25.2 Å². The molecule has 1 fully saturated rings. The Morgan fingerprint density at radius 2 is 2.17 bits per heavy atom. The number of aromatic nitrogens is 2. The SMILES string of the molecule is O=S1(=O)CCCN1Cc1cccc(-c2cnc3n2CCOC3)c1. The van der Waals surface area contributed by atoms with E-state index in [4.69, 9.17) is 4.74 Å². The second-order valence-electron chi connectivity index (χ2n) is 5.97. The molecule has 0 N–H and O–H groups in total. The zero-order chi connectivity index (χ0) is 15.9. The third-order valence-corrected chi connectivity index (χ3v) is 6.32. The maximum atomic E-state index is 12.0. The van der Waals surface area contributed by atoms with Crippen LogP contribution in [0.25, 0.3) is 11.3 Å². The van der Waals surface area contributed by atoms with Crippen molar-refractivity contribution in [1.82, 2.24) is 13.9 Å². The van der Waals surface area contributed by atoms with E-state index in [2.05, 4.69) is 15.6 Å². The van der Waals surface area contributed by atoms with Crippen molar-refractivity contribution in [2.75, 3.05) is 18.9 Å². The molecule has 0 atom stereocenters. The Morgan fingerprint density at radius 3 is 3.00 bits per heavy atom. The van der Waals surface area contributed by atoms with Crippen LogP contribution in [0.15, 0.2) is 30.5 Å². The maximum Gasteiger partial charge on any atom is 0.214 e. The molecule has 0 saturated carbocycles. The maximum absolute atomic E-state index is 12.0. The highest BCUT2D eigenvalue weighted by molar-refractivity contribution is 7.89. The van der Waals surface area contributed by atoms with Crippen LogP contribution in [0.1, 0.15) is 17.8 Å². The van der Waals surface area contributed by atoms with Crippen molar-refractivity contribution in [2.24, 2.45) is 0 Å². The first kappa shape index (κ1) is 14.9. The number of fused-ring (bicyclic) bond motifs is 1. The normalized spacial score (nSPS) is 20.5. The van der Waals surface area contributed by atoms with Gasteiger partial charge in [-0.05, 0) is 18.1 Å². The molecule has 0 aliphatic carbocycles. The van der Waals surface area contributed by atoms with Crippen LogP contribution in [0.5, 0.6) is 0 Å². The summed E-state index contributed by atoms with van der Waals surface area (Å²) in [5.74, 6) is 1.21. The van der Waals surface area contributed by atoms with E-state index in [0.29, 0.717) is 26.3 Å². The van der Waals surface area contributed by atoms with Gasteiger partial charge in [-0.25, -0.2) is 13.4 Å². The van der Waals surface area contributed by atoms with Crippen molar-refractivity contribution in [1.29, 1.82) is 0 Å². The molecule has 0 unspecified atom stereocenters. The number of imidazole rings is 1. The Kier molecular flexibility index (Phi) is 3.71. The summed E-state index contributed by atoms with van der Waals surface area (Å²) >= 11 is 0. The Labute approximate surface area is 135 Å². The van der Waals surface area contributed by atoms with Crippen molar-refractivity contribution in [2.45, 2.75) is 26.1 Å². The highest BCUT2D eigenvalue weighted by Crippen LogP contribution is 2.25. The summed E-state index contributed by atoms with van der Waals surface area (Å²) in [6, 6.07) is 8.07. The molecule has 1 saturated heterocycles. The van der Waals surface area contributed by atoms with Crippen molar-refractivity contribution < 1.29 is 13.2 Å². The highest BCUT2D eigenvalue weighted by Gasteiger charge is 2.28. The molecule has 0 spiro atoms. The van der Waals surface area contributed by atoms with Crippen LogP contribution in [0.2, 0.25) is 0 Å². The van der Waals surface area contributed by atoms with Gasteiger partial charge in [-0.1, -0.05) is 18.2 Å². The van der Waals surface area contributed by atoms with E-state index in [0.717, 1.165) is 35.6 Å². The van der Waals surface area contributed by atoms with E-state index in [1.165, 1.54) is 0 Å². The minimum absolute atomic E-state index is 0.267. The van der Waals surface area contributed by atoms with Gasteiger partial charge in [-0.2, -0.15) is 4.31 Å². The van der Waals surface area contributed by atoms with Crippen molar-refractivity contribution >= 4 is 10.0 Å². The summed E-state index contributed by atoms with van der Waals surface area (Å²) in [6.07, 6.45) is 2.59. The Hall–Kier alpha value is -1.70. The zero-order valence-corrected chi connectivity index (χ0v) is 13.6. The predicted molar refractivity (Wildman–Crippen MR) is 86.1 cm³/mol. The fourth-order valence-electron chi connectivity index (χ4n) is 3.23. The first-order valence-electron chi connectivity index (χ1n) is 7.83. The van der Waals surface area contributed by atoms with Gasteiger partial charge >= 0.3 is 0 Å². The van der Waals surface area contributed by atoms with Crippen LogP contribution in [0.4, 0.5) is 0 Å². The van der Waals surface area contributed by atoms with Gasteiger partial charge in [-0.15, -0.1) is 0 Å². The van der Waals surface area contributed by atoms with Crippen molar-refractivity contribution in [3.63, 3.8) is 0 Å². The average Bonchev–Trinajstić information content (AvgIpc) is 3.11. The number of rotatable bonds is 3. The lowest BCUT2D eigenvalue weighted by Gasteiger charge is -2.18. The Morgan fingerprint density at radius 1 is 1.26 bits per heavy atom. The molecule has 6 nitrogen and oxygen atoms in total.